The van der Waals surface area contributed by atoms with E-state index in [-0.39, 0.29) is 0 Å². The van der Waals surface area contributed by atoms with Crippen molar-refractivity contribution >= 4 is 0 Å². The van der Waals surface area contributed by atoms with E-state index in [2.05, 4.69) is 27.7 Å². The molecule has 2 aliphatic carbocycles. The molecule has 2 rings (SSSR count). The fourth-order valence-corrected chi connectivity index (χ4v) is 4.03. The topological polar surface area (TPSA) is 0 Å². The summed E-state index contributed by atoms with van der Waals surface area (Å²) in [6.07, 6.45) is 9.08. The van der Waals surface area contributed by atoms with Gasteiger partial charge in [0.1, 0.15) is 0 Å². The molecule has 5 unspecified atom stereocenters. The summed E-state index contributed by atoms with van der Waals surface area (Å²) in [6, 6.07) is 0. The normalized spacial score (nSPS) is 50.2. The zero-order valence-electron chi connectivity index (χ0n) is 11.7. The van der Waals surface area contributed by atoms with Crippen LogP contribution in [0.1, 0.15) is 66.2 Å². The van der Waals surface area contributed by atoms with Crippen molar-refractivity contribution in [1.82, 2.24) is 0 Å². The Bertz CT molecular complexity index is 196. The summed E-state index contributed by atoms with van der Waals surface area (Å²) in [7, 11) is 0. The van der Waals surface area contributed by atoms with Crippen molar-refractivity contribution in [3.8, 4) is 0 Å². The summed E-state index contributed by atoms with van der Waals surface area (Å²) in [5, 5.41) is 0. The van der Waals surface area contributed by atoms with Crippen LogP contribution in [0.15, 0.2) is 0 Å². The maximum atomic E-state index is 2.48. The predicted octanol–water partition coefficient (Wildman–Crippen LogP) is 5.13. The number of hydrogen-bond donors (Lipinski definition) is 0. The van der Waals surface area contributed by atoms with Gasteiger partial charge in [-0.1, -0.05) is 40.5 Å². The molecule has 0 heterocycles. The van der Waals surface area contributed by atoms with Gasteiger partial charge in [0.15, 0.2) is 0 Å². The van der Waals surface area contributed by atoms with Crippen LogP contribution in [0, 0.1) is 35.5 Å². The molecule has 0 spiro atoms. The average Bonchev–Trinajstić information content (AvgIpc) is 2.26. The molecule has 0 aromatic carbocycles. The van der Waals surface area contributed by atoms with Crippen LogP contribution >= 0.6 is 0 Å². The van der Waals surface area contributed by atoms with Gasteiger partial charge in [-0.2, -0.15) is 0 Å². The molecule has 0 amide bonds. The van der Waals surface area contributed by atoms with Crippen molar-refractivity contribution in [2.24, 2.45) is 35.5 Å². The first-order valence-corrected chi connectivity index (χ1v) is 7.58. The minimum absolute atomic E-state index is 0.980. The minimum Gasteiger partial charge on any atom is -0.0623 e. The van der Waals surface area contributed by atoms with Crippen molar-refractivity contribution in [2.75, 3.05) is 0 Å². The molecule has 2 aliphatic rings. The van der Waals surface area contributed by atoms with E-state index in [9.17, 15) is 0 Å². The third-order valence-corrected chi connectivity index (χ3v) is 5.94. The smallest absolute Gasteiger partial charge is 0.0383 e. The van der Waals surface area contributed by atoms with E-state index in [1.54, 1.807) is 0 Å². The Kier molecular flexibility index (Phi) is 3.97. The summed E-state index contributed by atoms with van der Waals surface area (Å²) < 4.78 is 0. The van der Waals surface area contributed by atoms with Gasteiger partial charge < -0.3 is 0 Å². The van der Waals surface area contributed by atoms with Gasteiger partial charge in [0.25, 0.3) is 0 Å². The molecule has 0 aromatic heterocycles. The van der Waals surface area contributed by atoms with E-state index in [0.29, 0.717) is 0 Å². The third kappa shape index (κ3) is 2.63. The highest BCUT2D eigenvalue weighted by molar-refractivity contribution is 4.84. The highest BCUT2D eigenvalue weighted by atomic mass is 14.4. The van der Waals surface area contributed by atoms with Crippen LogP contribution in [-0.4, -0.2) is 0 Å². The SMILES string of the molecule is CC1CCC(C2CC[C@@H](C)C(C)C2)CC1C. The van der Waals surface area contributed by atoms with Crippen molar-refractivity contribution in [3.05, 3.63) is 0 Å². The Morgan fingerprint density at radius 2 is 0.875 bits per heavy atom. The zero-order chi connectivity index (χ0) is 11.7. The van der Waals surface area contributed by atoms with Crippen molar-refractivity contribution in [3.63, 3.8) is 0 Å². The molecular formula is C16H30. The molecule has 0 aliphatic heterocycles. The van der Waals surface area contributed by atoms with Gasteiger partial charge in [-0.15, -0.1) is 0 Å². The van der Waals surface area contributed by atoms with E-state index in [1.165, 1.54) is 38.5 Å². The second-order valence-electron chi connectivity index (χ2n) is 7.06. The van der Waals surface area contributed by atoms with Crippen LogP contribution in [0.25, 0.3) is 0 Å². The summed E-state index contributed by atoms with van der Waals surface area (Å²) in [6.45, 7) is 9.86. The zero-order valence-corrected chi connectivity index (χ0v) is 11.7. The minimum atomic E-state index is 0.980. The van der Waals surface area contributed by atoms with E-state index in [0.717, 1.165) is 35.5 Å². The molecule has 0 bridgehead atoms. The molecule has 94 valence electrons. The lowest BCUT2D eigenvalue weighted by atomic mass is 9.64. The van der Waals surface area contributed by atoms with Crippen LogP contribution in [0.2, 0.25) is 0 Å². The predicted molar refractivity (Wildman–Crippen MR) is 71.3 cm³/mol. The van der Waals surface area contributed by atoms with E-state index >= 15 is 0 Å². The molecule has 6 atom stereocenters. The Morgan fingerprint density at radius 1 is 0.500 bits per heavy atom. The van der Waals surface area contributed by atoms with Gasteiger partial charge in [0.2, 0.25) is 0 Å². The van der Waals surface area contributed by atoms with Gasteiger partial charge in [-0.25, -0.2) is 0 Å². The maximum Gasteiger partial charge on any atom is -0.0383 e. The lowest BCUT2D eigenvalue weighted by Crippen LogP contribution is -2.31. The third-order valence-electron chi connectivity index (χ3n) is 5.94. The lowest BCUT2D eigenvalue weighted by Gasteiger charge is -2.41. The van der Waals surface area contributed by atoms with E-state index in [1.807, 2.05) is 0 Å². The molecule has 0 N–H and O–H groups in total. The highest BCUT2D eigenvalue weighted by Gasteiger charge is 2.33. The van der Waals surface area contributed by atoms with Crippen LogP contribution < -0.4 is 0 Å². The quantitative estimate of drug-likeness (QED) is 0.577. The first-order valence-electron chi connectivity index (χ1n) is 7.58. The second-order valence-corrected chi connectivity index (χ2v) is 7.06. The molecule has 0 aromatic rings. The van der Waals surface area contributed by atoms with Crippen LogP contribution in [0.3, 0.4) is 0 Å². The standard InChI is InChI=1S/C16H30/c1-11-5-7-15(9-13(11)3)16-8-6-12(2)14(4)10-16/h11-16H,5-10H2,1-4H3/t11-,12?,13?,14?,15?,16?/m1/s1. The van der Waals surface area contributed by atoms with Crippen LogP contribution in [0.5, 0.6) is 0 Å². The van der Waals surface area contributed by atoms with Crippen molar-refractivity contribution < 1.29 is 0 Å². The molecule has 2 fully saturated rings. The lowest BCUT2D eigenvalue weighted by molar-refractivity contribution is 0.0956. The van der Waals surface area contributed by atoms with Crippen molar-refractivity contribution in [2.45, 2.75) is 66.2 Å². The number of rotatable bonds is 1. The average molecular weight is 222 g/mol. The first kappa shape index (κ1) is 12.5. The summed E-state index contributed by atoms with van der Waals surface area (Å²) in [5.74, 6) is 6.07. The molecule has 0 heteroatoms. The van der Waals surface area contributed by atoms with Gasteiger partial charge >= 0.3 is 0 Å². The number of hydrogen-bond acceptors (Lipinski definition) is 0. The molecule has 2 saturated carbocycles. The summed E-state index contributed by atoms with van der Waals surface area (Å²) in [4.78, 5) is 0. The Morgan fingerprint density at radius 3 is 1.19 bits per heavy atom. The van der Waals surface area contributed by atoms with Gasteiger partial charge in [-0.3, -0.25) is 0 Å². The Balaban J connectivity index is 1.88. The fourth-order valence-electron chi connectivity index (χ4n) is 4.03. The van der Waals surface area contributed by atoms with Gasteiger partial charge in [0.05, 0.1) is 0 Å². The molecule has 16 heavy (non-hydrogen) atoms. The van der Waals surface area contributed by atoms with Gasteiger partial charge in [0, 0.05) is 0 Å². The summed E-state index contributed by atoms with van der Waals surface area (Å²) in [5.41, 5.74) is 0. The Hall–Kier alpha value is 0. The Labute approximate surface area is 102 Å². The second kappa shape index (κ2) is 5.10. The molecule has 0 radical (unpaired) electrons. The monoisotopic (exact) mass is 222 g/mol. The largest absolute Gasteiger partial charge is 0.0623 e. The fraction of sp³-hybridized carbons (Fsp3) is 1.00. The van der Waals surface area contributed by atoms with E-state index < -0.39 is 0 Å². The molecular weight excluding hydrogens is 192 g/mol. The summed E-state index contributed by atoms with van der Waals surface area (Å²) >= 11 is 0. The van der Waals surface area contributed by atoms with Gasteiger partial charge in [-0.05, 0) is 61.2 Å². The highest BCUT2D eigenvalue weighted by Crippen LogP contribution is 2.44. The van der Waals surface area contributed by atoms with Crippen LogP contribution in [0.4, 0.5) is 0 Å². The maximum absolute atomic E-state index is 2.48. The van der Waals surface area contributed by atoms with Crippen LogP contribution in [-0.2, 0) is 0 Å². The molecule has 0 nitrogen and oxygen atoms in total. The molecule has 0 saturated heterocycles. The first-order chi connectivity index (χ1) is 7.58. The van der Waals surface area contributed by atoms with E-state index in [4.69, 9.17) is 0 Å². The van der Waals surface area contributed by atoms with Crippen molar-refractivity contribution in [1.29, 1.82) is 0 Å².